The van der Waals surface area contributed by atoms with Gasteiger partial charge < -0.3 is 0 Å². The standard InChI is InChI=1S/C12H12N6O/c1-7-9(8-5-3-2-4-6-8)10-15-16-11(12(19)14-13)18(10)17-7/h2-6,17H,13H2,1H3,(H,14,19). The lowest BCUT2D eigenvalue weighted by Gasteiger charge is -1.97. The van der Waals surface area contributed by atoms with Crippen LogP contribution >= 0.6 is 0 Å². The van der Waals surface area contributed by atoms with Gasteiger partial charge in [0.1, 0.15) is 0 Å². The molecule has 2 aromatic heterocycles. The van der Waals surface area contributed by atoms with Gasteiger partial charge in [0, 0.05) is 11.3 Å². The summed E-state index contributed by atoms with van der Waals surface area (Å²) in [7, 11) is 0. The van der Waals surface area contributed by atoms with Crippen LogP contribution in [0.3, 0.4) is 0 Å². The number of nitrogens with two attached hydrogens (primary N) is 1. The second-order valence-electron chi connectivity index (χ2n) is 4.13. The Bertz CT molecular complexity index is 742. The first-order valence-electron chi connectivity index (χ1n) is 5.72. The summed E-state index contributed by atoms with van der Waals surface area (Å²) in [4.78, 5) is 11.6. The third-order valence-electron chi connectivity index (χ3n) is 2.94. The third-order valence-corrected chi connectivity index (χ3v) is 2.94. The van der Waals surface area contributed by atoms with Crippen molar-refractivity contribution in [1.29, 1.82) is 0 Å². The van der Waals surface area contributed by atoms with Crippen LogP contribution in [0.5, 0.6) is 0 Å². The van der Waals surface area contributed by atoms with Gasteiger partial charge in [0.2, 0.25) is 5.82 Å². The Morgan fingerprint density at radius 2 is 2.05 bits per heavy atom. The molecule has 1 amide bonds. The predicted molar refractivity (Wildman–Crippen MR) is 69.2 cm³/mol. The molecule has 4 N–H and O–H groups in total. The monoisotopic (exact) mass is 256 g/mol. The van der Waals surface area contributed by atoms with Crippen molar-refractivity contribution in [1.82, 2.24) is 25.2 Å². The lowest BCUT2D eigenvalue weighted by molar-refractivity contribution is 0.0941. The molecule has 0 aliphatic heterocycles. The van der Waals surface area contributed by atoms with Gasteiger partial charge in [0.25, 0.3) is 0 Å². The number of rotatable bonds is 2. The maximum atomic E-state index is 11.6. The molecule has 96 valence electrons. The quantitative estimate of drug-likeness (QED) is 0.355. The average molecular weight is 256 g/mol. The highest BCUT2D eigenvalue weighted by Crippen LogP contribution is 2.26. The number of hydrogen-bond donors (Lipinski definition) is 3. The van der Waals surface area contributed by atoms with E-state index in [1.54, 1.807) is 0 Å². The van der Waals surface area contributed by atoms with E-state index in [1.165, 1.54) is 4.52 Å². The number of nitrogens with one attached hydrogen (secondary N) is 2. The molecule has 0 fully saturated rings. The van der Waals surface area contributed by atoms with Crippen LogP contribution in [0.25, 0.3) is 16.8 Å². The summed E-state index contributed by atoms with van der Waals surface area (Å²) >= 11 is 0. The van der Waals surface area contributed by atoms with E-state index in [0.29, 0.717) is 5.65 Å². The van der Waals surface area contributed by atoms with E-state index in [2.05, 4.69) is 15.3 Å². The molecule has 3 rings (SSSR count). The Kier molecular flexibility index (Phi) is 2.53. The number of H-pyrrole nitrogens is 1. The van der Waals surface area contributed by atoms with Crippen LogP contribution in [0.4, 0.5) is 0 Å². The number of hydrazine groups is 1. The minimum Gasteiger partial charge on any atom is -0.294 e. The Morgan fingerprint density at radius 1 is 1.32 bits per heavy atom. The minimum absolute atomic E-state index is 0.128. The van der Waals surface area contributed by atoms with Crippen LogP contribution in [0, 0.1) is 6.92 Å². The van der Waals surface area contributed by atoms with Gasteiger partial charge in [-0.25, -0.2) is 10.4 Å². The van der Waals surface area contributed by atoms with E-state index in [0.717, 1.165) is 16.8 Å². The van der Waals surface area contributed by atoms with Crippen molar-refractivity contribution in [3.8, 4) is 11.1 Å². The molecule has 0 saturated heterocycles. The highest BCUT2D eigenvalue weighted by Gasteiger charge is 2.19. The lowest BCUT2D eigenvalue weighted by Crippen LogP contribution is -2.31. The van der Waals surface area contributed by atoms with Crippen molar-refractivity contribution in [2.24, 2.45) is 5.84 Å². The van der Waals surface area contributed by atoms with Gasteiger partial charge in [0.05, 0.1) is 0 Å². The fraction of sp³-hybridized carbons (Fsp3) is 0.0833. The van der Waals surface area contributed by atoms with Crippen molar-refractivity contribution in [3.63, 3.8) is 0 Å². The van der Waals surface area contributed by atoms with Crippen molar-refractivity contribution in [2.75, 3.05) is 0 Å². The van der Waals surface area contributed by atoms with Crippen LogP contribution in [-0.2, 0) is 0 Å². The van der Waals surface area contributed by atoms with Gasteiger partial charge in [-0.2, -0.15) is 0 Å². The van der Waals surface area contributed by atoms with Crippen molar-refractivity contribution in [3.05, 3.63) is 41.9 Å². The molecule has 1 aromatic carbocycles. The zero-order chi connectivity index (χ0) is 13.4. The Labute approximate surface area is 108 Å². The van der Waals surface area contributed by atoms with E-state index in [4.69, 9.17) is 5.84 Å². The van der Waals surface area contributed by atoms with Gasteiger partial charge >= 0.3 is 5.91 Å². The number of carbonyl (C=O) groups excluding carboxylic acids is 1. The summed E-state index contributed by atoms with van der Waals surface area (Å²) in [5.74, 6) is 4.75. The molecule has 0 spiro atoms. The first-order chi connectivity index (χ1) is 9.22. The summed E-state index contributed by atoms with van der Waals surface area (Å²) in [5.41, 5.74) is 5.48. The van der Waals surface area contributed by atoms with Gasteiger partial charge in [-0.3, -0.25) is 15.3 Å². The van der Waals surface area contributed by atoms with E-state index in [1.807, 2.05) is 42.7 Å². The van der Waals surface area contributed by atoms with Crippen molar-refractivity contribution in [2.45, 2.75) is 6.92 Å². The Morgan fingerprint density at radius 3 is 2.74 bits per heavy atom. The molecule has 0 unspecified atom stereocenters. The number of nitrogens with zero attached hydrogens (tertiary/aromatic N) is 3. The van der Waals surface area contributed by atoms with E-state index < -0.39 is 5.91 Å². The second kappa shape index (κ2) is 4.21. The molecule has 7 heteroatoms. The van der Waals surface area contributed by atoms with Gasteiger partial charge in [-0.1, -0.05) is 30.3 Å². The van der Waals surface area contributed by atoms with Crippen LogP contribution in [-0.4, -0.2) is 25.7 Å². The molecule has 0 saturated carbocycles. The molecule has 0 aliphatic carbocycles. The molecule has 0 radical (unpaired) electrons. The smallest absolute Gasteiger partial charge is 0.294 e. The molecule has 0 atom stereocenters. The summed E-state index contributed by atoms with van der Waals surface area (Å²) in [6, 6.07) is 9.80. The van der Waals surface area contributed by atoms with E-state index >= 15 is 0 Å². The highest BCUT2D eigenvalue weighted by molar-refractivity contribution is 5.92. The summed E-state index contributed by atoms with van der Waals surface area (Å²) in [6.07, 6.45) is 0. The third kappa shape index (κ3) is 1.67. The van der Waals surface area contributed by atoms with Crippen LogP contribution in [0.15, 0.2) is 30.3 Å². The maximum Gasteiger partial charge on any atom is 0.304 e. The minimum atomic E-state index is -0.492. The predicted octanol–water partition coefficient (Wildman–Crippen LogP) is 0.636. The van der Waals surface area contributed by atoms with Crippen LogP contribution in [0.1, 0.15) is 16.3 Å². The molecular weight excluding hydrogens is 244 g/mol. The number of hydrogen-bond acceptors (Lipinski definition) is 4. The van der Waals surface area contributed by atoms with Crippen molar-refractivity contribution >= 4 is 11.6 Å². The molecule has 7 nitrogen and oxygen atoms in total. The fourth-order valence-electron chi connectivity index (χ4n) is 2.11. The first-order valence-corrected chi connectivity index (χ1v) is 5.72. The zero-order valence-corrected chi connectivity index (χ0v) is 10.2. The molecule has 2 heterocycles. The van der Waals surface area contributed by atoms with E-state index in [-0.39, 0.29) is 5.82 Å². The summed E-state index contributed by atoms with van der Waals surface area (Å²) in [6.45, 7) is 1.92. The zero-order valence-electron chi connectivity index (χ0n) is 10.2. The number of aromatic nitrogens is 4. The van der Waals surface area contributed by atoms with Gasteiger partial charge in [-0.05, 0) is 12.5 Å². The van der Waals surface area contributed by atoms with E-state index in [9.17, 15) is 4.79 Å². The number of amides is 1. The SMILES string of the molecule is Cc1[nH]n2c(C(=O)NN)nnc2c1-c1ccccc1. The Hall–Kier alpha value is -2.67. The van der Waals surface area contributed by atoms with Gasteiger partial charge in [0.15, 0.2) is 5.65 Å². The lowest BCUT2D eigenvalue weighted by atomic mass is 10.1. The maximum absolute atomic E-state index is 11.6. The largest absolute Gasteiger partial charge is 0.304 e. The molecule has 19 heavy (non-hydrogen) atoms. The Balaban J connectivity index is 2.25. The average Bonchev–Trinajstić information content (AvgIpc) is 2.96. The van der Waals surface area contributed by atoms with Crippen molar-refractivity contribution < 1.29 is 4.79 Å². The summed E-state index contributed by atoms with van der Waals surface area (Å²) < 4.78 is 1.53. The van der Waals surface area contributed by atoms with Crippen LogP contribution in [0.2, 0.25) is 0 Å². The number of nitrogen functional groups attached to an aromatic ring is 1. The number of benzene rings is 1. The molecule has 0 bridgehead atoms. The molecule has 3 aromatic rings. The first kappa shape index (κ1) is 11.4. The summed E-state index contributed by atoms with van der Waals surface area (Å²) in [5, 5.41) is 11.0. The van der Waals surface area contributed by atoms with Gasteiger partial charge in [-0.15, -0.1) is 10.2 Å². The highest BCUT2D eigenvalue weighted by atomic mass is 16.2. The number of fused-ring (bicyclic) bond motifs is 1. The van der Waals surface area contributed by atoms with Crippen LogP contribution < -0.4 is 11.3 Å². The number of aryl methyl sites for hydroxylation is 1. The number of carbonyl (C=O) groups is 1. The normalized spacial score (nSPS) is 10.8. The molecule has 0 aliphatic rings. The molecular formula is C12H12N6O. The number of aromatic amines is 1. The fourth-order valence-corrected chi connectivity index (χ4v) is 2.11. The topological polar surface area (TPSA) is 101 Å². The second-order valence-corrected chi connectivity index (χ2v) is 4.13.